The van der Waals surface area contributed by atoms with Gasteiger partial charge in [0.2, 0.25) is 0 Å². The van der Waals surface area contributed by atoms with Crippen molar-refractivity contribution in [2.24, 2.45) is 0 Å². The van der Waals surface area contributed by atoms with Crippen LogP contribution in [0.15, 0.2) is 48.5 Å². The summed E-state index contributed by atoms with van der Waals surface area (Å²) in [6.45, 7) is 7.35. The molecule has 112 valence electrons. The predicted octanol–water partition coefficient (Wildman–Crippen LogP) is 5.52. The Hall–Kier alpha value is -1.76. The van der Waals surface area contributed by atoms with Gasteiger partial charge in [0.25, 0.3) is 0 Å². The molecule has 1 nitrogen and oxygen atoms in total. The Bertz CT molecular complexity index is 543. The molecule has 0 spiro atoms. The summed E-state index contributed by atoms with van der Waals surface area (Å²) in [6.07, 6.45) is 3.41. The topological polar surface area (TPSA) is 9.23 Å². The molecular formula is C20H26O. The van der Waals surface area contributed by atoms with Crippen molar-refractivity contribution in [3.63, 3.8) is 0 Å². The Kier molecular flexibility index (Phi) is 5.86. The molecule has 0 saturated heterocycles. The quantitative estimate of drug-likeness (QED) is 0.607. The molecular weight excluding hydrogens is 256 g/mol. The van der Waals surface area contributed by atoms with Crippen LogP contribution in [0.2, 0.25) is 0 Å². The number of rotatable bonds is 7. The van der Waals surface area contributed by atoms with E-state index in [-0.39, 0.29) is 0 Å². The Labute approximate surface area is 129 Å². The molecule has 0 aliphatic rings. The van der Waals surface area contributed by atoms with E-state index in [1.165, 1.54) is 23.1 Å². The van der Waals surface area contributed by atoms with E-state index in [0.29, 0.717) is 5.92 Å². The molecule has 0 saturated carbocycles. The molecule has 0 aliphatic carbocycles. The minimum absolute atomic E-state index is 0.547. The lowest BCUT2D eigenvalue weighted by molar-refractivity contribution is 0.304. The maximum Gasteiger partial charge on any atom is 0.122 e. The van der Waals surface area contributed by atoms with E-state index >= 15 is 0 Å². The second-order valence-electron chi connectivity index (χ2n) is 5.97. The van der Waals surface area contributed by atoms with Gasteiger partial charge in [-0.25, -0.2) is 0 Å². The van der Waals surface area contributed by atoms with Gasteiger partial charge in [0.1, 0.15) is 5.75 Å². The summed E-state index contributed by atoms with van der Waals surface area (Å²) in [4.78, 5) is 0. The van der Waals surface area contributed by atoms with Crippen LogP contribution >= 0.6 is 0 Å². The summed E-state index contributed by atoms with van der Waals surface area (Å²) in [5.74, 6) is 1.59. The van der Waals surface area contributed by atoms with Gasteiger partial charge >= 0.3 is 0 Å². The van der Waals surface area contributed by atoms with E-state index in [9.17, 15) is 0 Å². The third-order valence-electron chi connectivity index (χ3n) is 3.84. The molecule has 1 heteroatoms. The first kappa shape index (κ1) is 15.6. The fourth-order valence-electron chi connectivity index (χ4n) is 2.39. The minimum atomic E-state index is 0.547. The van der Waals surface area contributed by atoms with E-state index in [4.69, 9.17) is 4.74 Å². The molecule has 0 N–H and O–H groups in total. The lowest BCUT2D eigenvalue weighted by Gasteiger charge is -2.12. The molecule has 0 radical (unpaired) electrons. The van der Waals surface area contributed by atoms with Crippen LogP contribution in [0.5, 0.6) is 5.75 Å². The molecule has 2 aromatic rings. The van der Waals surface area contributed by atoms with Crippen molar-refractivity contribution >= 4 is 0 Å². The van der Waals surface area contributed by atoms with Crippen molar-refractivity contribution in [3.8, 4) is 5.75 Å². The van der Waals surface area contributed by atoms with E-state index in [2.05, 4.69) is 69.3 Å². The van der Waals surface area contributed by atoms with Crippen molar-refractivity contribution in [3.05, 3.63) is 65.2 Å². The van der Waals surface area contributed by atoms with Crippen LogP contribution in [0.25, 0.3) is 0 Å². The number of benzene rings is 2. The van der Waals surface area contributed by atoms with Gasteiger partial charge in [-0.1, -0.05) is 56.3 Å². The maximum absolute atomic E-state index is 5.97. The average Bonchev–Trinajstić information content (AvgIpc) is 2.49. The summed E-state index contributed by atoms with van der Waals surface area (Å²) in [5, 5.41) is 0. The Morgan fingerprint density at radius 1 is 0.952 bits per heavy atom. The van der Waals surface area contributed by atoms with Gasteiger partial charge in [0.05, 0.1) is 6.61 Å². The van der Waals surface area contributed by atoms with Gasteiger partial charge in [-0.05, 0) is 54.9 Å². The molecule has 21 heavy (non-hydrogen) atoms. The van der Waals surface area contributed by atoms with E-state index in [1.54, 1.807) is 0 Å². The molecule has 0 atom stereocenters. The van der Waals surface area contributed by atoms with Gasteiger partial charge in [-0.2, -0.15) is 0 Å². The second kappa shape index (κ2) is 7.87. The van der Waals surface area contributed by atoms with E-state index in [0.717, 1.165) is 25.2 Å². The van der Waals surface area contributed by atoms with E-state index < -0.39 is 0 Å². The fourth-order valence-corrected chi connectivity index (χ4v) is 2.39. The first-order valence-corrected chi connectivity index (χ1v) is 7.94. The third kappa shape index (κ3) is 4.93. The molecule has 0 aromatic heterocycles. The highest BCUT2D eigenvalue weighted by molar-refractivity contribution is 5.37. The largest absolute Gasteiger partial charge is 0.493 e. The van der Waals surface area contributed by atoms with Crippen LogP contribution in [-0.4, -0.2) is 6.61 Å². The number of hydrogen-bond acceptors (Lipinski definition) is 1. The van der Waals surface area contributed by atoms with Crippen molar-refractivity contribution < 1.29 is 4.74 Å². The average molecular weight is 282 g/mol. The highest BCUT2D eigenvalue weighted by Crippen LogP contribution is 2.24. The van der Waals surface area contributed by atoms with Crippen LogP contribution in [0.1, 0.15) is 49.3 Å². The Morgan fingerprint density at radius 3 is 2.43 bits per heavy atom. The standard InChI is InChI=1S/C20H26O/c1-16(2)19-13-12-17(3)20(15-19)21-14-8-7-11-18-9-5-4-6-10-18/h4-6,9-10,12-13,15-16H,7-8,11,14H2,1-3H3. The zero-order chi connectivity index (χ0) is 15.1. The zero-order valence-electron chi connectivity index (χ0n) is 13.4. The van der Waals surface area contributed by atoms with Gasteiger partial charge in [-0.3, -0.25) is 0 Å². The monoisotopic (exact) mass is 282 g/mol. The van der Waals surface area contributed by atoms with E-state index in [1.807, 2.05) is 0 Å². The molecule has 0 unspecified atom stereocenters. The van der Waals surface area contributed by atoms with Gasteiger partial charge in [-0.15, -0.1) is 0 Å². The molecule has 0 aliphatic heterocycles. The lowest BCUT2D eigenvalue weighted by Crippen LogP contribution is -2.01. The molecule has 0 bridgehead atoms. The number of hydrogen-bond donors (Lipinski definition) is 0. The van der Waals surface area contributed by atoms with Crippen molar-refractivity contribution in [2.75, 3.05) is 6.61 Å². The van der Waals surface area contributed by atoms with Crippen molar-refractivity contribution in [1.82, 2.24) is 0 Å². The first-order valence-electron chi connectivity index (χ1n) is 7.94. The summed E-state index contributed by atoms with van der Waals surface area (Å²) < 4.78 is 5.97. The van der Waals surface area contributed by atoms with Crippen LogP contribution in [0.4, 0.5) is 0 Å². The highest BCUT2D eigenvalue weighted by Gasteiger charge is 2.04. The van der Waals surface area contributed by atoms with Gasteiger partial charge in [0.15, 0.2) is 0 Å². The van der Waals surface area contributed by atoms with Crippen molar-refractivity contribution in [1.29, 1.82) is 0 Å². The molecule has 2 rings (SSSR count). The Morgan fingerprint density at radius 2 is 1.71 bits per heavy atom. The van der Waals surface area contributed by atoms with Crippen LogP contribution in [0, 0.1) is 6.92 Å². The summed E-state index contributed by atoms with van der Waals surface area (Å²) in [6, 6.07) is 17.2. The highest BCUT2D eigenvalue weighted by atomic mass is 16.5. The second-order valence-corrected chi connectivity index (χ2v) is 5.97. The SMILES string of the molecule is Cc1ccc(C(C)C)cc1OCCCCc1ccccc1. The molecule has 0 amide bonds. The maximum atomic E-state index is 5.97. The molecule has 0 fully saturated rings. The number of ether oxygens (including phenoxy) is 1. The van der Waals surface area contributed by atoms with Crippen LogP contribution in [-0.2, 0) is 6.42 Å². The zero-order valence-corrected chi connectivity index (χ0v) is 13.4. The molecule has 2 aromatic carbocycles. The summed E-state index contributed by atoms with van der Waals surface area (Å²) in [5.41, 5.74) is 3.98. The number of unbranched alkanes of at least 4 members (excludes halogenated alkanes) is 1. The number of aryl methyl sites for hydroxylation is 2. The predicted molar refractivity (Wildman–Crippen MR) is 90.1 cm³/mol. The lowest BCUT2D eigenvalue weighted by atomic mass is 10.0. The van der Waals surface area contributed by atoms with Crippen molar-refractivity contribution in [2.45, 2.75) is 46.0 Å². The smallest absolute Gasteiger partial charge is 0.122 e. The summed E-state index contributed by atoms with van der Waals surface area (Å²) in [7, 11) is 0. The van der Waals surface area contributed by atoms with Gasteiger partial charge in [0, 0.05) is 0 Å². The van der Waals surface area contributed by atoms with Crippen LogP contribution in [0.3, 0.4) is 0 Å². The summed E-state index contributed by atoms with van der Waals surface area (Å²) >= 11 is 0. The third-order valence-corrected chi connectivity index (χ3v) is 3.84. The first-order chi connectivity index (χ1) is 10.2. The fraction of sp³-hybridized carbons (Fsp3) is 0.400. The molecule has 0 heterocycles. The minimum Gasteiger partial charge on any atom is -0.493 e. The van der Waals surface area contributed by atoms with Crippen LogP contribution < -0.4 is 4.74 Å². The Balaban J connectivity index is 1.77. The van der Waals surface area contributed by atoms with Gasteiger partial charge < -0.3 is 4.74 Å². The normalized spacial score (nSPS) is 10.9.